The first-order valence-corrected chi connectivity index (χ1v) is 7.72. The topological polar surface area (TPSA) is 37.0 Å². The number of hydrogen-bond donors (Lipinski definition) is 2. The van der Waals surface area contributed by atoms with Gasteiger partial charge in [0.2, 0.25) is 0 Å². The highest BCUT2D eigenvalue weighted by molar-refractivity contribution is 6.31. The van der Waals surface area contributed by atoms with Crippen molar-refractivity contribution >= 4 is 28.2 Å². The monoisotopic (exact) mass is 287 g/mol. The maximum atomic E-state index is 6.04. The van der Waals surface area contributed by atoms with Crippen LogP contribution in [0.4, 0.5) is 5.69 Å². The third-order valence-electron chi connectivity index (χ3n) is 4.54. The standard InChI is InChI=1S/C16H18ClN3/c17-10-1-4-14-15(5-6-18-16(14)7-10)20-13-8-11-2-3-12(9-13)19-11/h1,4-7,11-13,19H,2-3,8-9H2,(H,18,20). The van der Waals surface area contributed by atoms with Crippen molar-refractivity contribution in [3.05, 3.63) is 35.5 Å². The predicted octanol–water partition coefficient (Wildman–Crippen LogP) is 3.58. The number of nitrogens with zero attached hydrogens (tertiary/aromatic N) is 1. The molecule has 2 saturated heterocycles. The van der Waals surface area contributed by atoms with E-state index in [-0.39, 0.29) is 0 Å². The van der Waals surface area contributed by atoms with Crippen LogP contribution in [0.1, 0.15) is 25.7 Å². The third-order valence-corrected chi connectivity index (χ3v) is 4.77. The fourth-order valence-corrected chi connectivity index (χ4v) is 3.81. The summed E-state index contributed by atoms with van der Waals surface area (Å²) in [6.07, 6.45) is 6.95. The third kappa shape index (κ3) is 2.25. The summed E-state index contributed by atoms with van der Waals surface area (Å²) in [7, 11) is 0. The Kier molecular flexibility index (Phi) is 3.04. The van der Waals surface area contributed by atoms with E-state index < -0.39 is 0 Å². The minimum Gasteiger partial charge on any atom is -0.382 e. The molecule has 3 nitrogen and oxygen atoms in total. The van der Waals surface area contributed by atoms with Crippen LogP contribution in [0.2, 0.25) is 5.02 Å². The van der Waals surface area contributed by atoms with Crippen molar-refractivity contribution < 1.29 is 0 Å². The van der Waals surface area contributed by atoms with Gasteiger partial charge in [-0.25, -0.2) is 0 Å². The first kappa shape index (κ1) is 12.4. The number of anilines is 1. The average Bonchev–Trinajstić information content (AvgIpc) is 2.78. The molecule has 2 bridgehead atoms. The lowest BCUT2D eigenvalue weighted by Crippen LogP contribution is -2.43. The molecule has 2 N–H and O–H groups in total. The summed E-state index contributed by atoms with van der Waals surface area (Å²) in [6, 6.07) is 9.96. The van der Waals surface area contributed by atoms with Crippen LogP contribution in [0.15, 0.2) is 30.5 Å². The first-order valence-electron chi connectivity index (χ1n) is 7.35. The van der Waals surface area contributed by atoms with Gasteiger partial charge in [0.1, 0.15) is 0 Å². The van der Waals surface area contributed by atoms with Crippen molar-refractivity contribution in [2.24, 2.45) is 0 Å². The van der Waals surface area contributed by atoms with E-state index in [0.717, 1.165) is 15.9 Å². The minimum absolute atomic E-state index is 0.565. The van der Waals surface area contributed by atoms with Crippen molar-refractivity contribution in [1.82, 2.24) is 10.3 Å². The summed E-state index contributed by atoms with van der Waals surface area (Å²) in [5.74, 6) is 0. The molecule has 2 aliphatic rings. The molecule has 0 saturated carbocycles. The number of fused-ring (bicyclic) bond motifs is 3. The number of halogens is 1. The molecule has 1 aromatic heterocycles. The molecule has 0 radical (unpaired) electrons. The quantitative estimate of drug-likeness (QED) is 0.886. The van der Waals surface area contributed by atoms with Gasteiger partial charge < -0.3 is 10.6 Å². The molecule has 4 heteroatoms. The van der Waals surface area contributed by atoms with Crippen LogP contribution in [0.5, 0.6) is 0 Å². The molecule has 0 amide bonds. The fraction of sp³-hybridized carbons (Fsp3) is 0.438. The summed E-state index contributed by atoms with van der Waals surface area (Å²) in [5, 5.41) is 9.30. The number of hydrogen-bond acceptors (Lipinski definition) is 3. The smallest absolute Gasteiger partial charge is 0.0737 e. The SMILES string of the molecule is Clc1ccc2c(NC3CC4CCC(C3)N4)ccnc2c1. The summed E-state index contributed by atoms with van der Waals surface area (Å²) in [4.78, 5) is 4.40. The largest absolute Gasteiger partial charge is 0.382 e. The summed E-state index contributed by atoms with van der Waals surface area (Å²) < 4.78 is 0. The van der Waals surface area contributed by atoms with Gasteiger partial charge in [0.15, 0.2) is 0 Å². The second-order valence-corrected chi connectivity index (χ2v) is 6.41. The van der Waals surface area contributed by atoms with Crippen LogP contribution in [-0.2, 0) is 0 Å². The Bertz CT molecular complexity index is 631. The Balaban J connectivity index is 1.62. The van der Waals surface area contributed by atoms with Crippen molar-refractivity contribution in [2.75, 3.05) is 5.32 Å². The lowest BCUT2D eigenvalue weighted by atomic mass is 9.99. The molecule has 2 aromatic rings. The molecule has 104 valence electrons. The Morgan fingerprint density at radius 2 is 1.95 bits per heavy atom. The van der Waals surface area contributed by atoms with E-state index in [2.05, 4.69) is 27.8 Å². The van der Waals surface area contributed by atoms with Gasteiger partial charge in [-0.3, -0.25) is 4.98 Å². The molecule has 0 spiro atoms. The maximum Gasteiger partial charge on any atom is 0.0737 e. The van der Waals surface area contributed by atoms with Gasteiger partial charge in [-0.05, 0) is 49.9 Å². The number of benzene rings is 1. The van der Waals surface area contributed by atoms with Crippen LogP contribution in [0.25, 0.3) is 10.9 Å². The molecule has 2 atom stereocenters. The van der Waals surface area contributed by atoms with Crippen molar-refractivity contribution in [3.8, 4) is 0 Å². The highest BCUT2D eigenvalue weighted by Crippen LogP contribution is 2.31. The number of pyridine rings is 1. The fourth-order valence-electron chi connectivity index (χ4n) is 3.64. The van der Waals surface area contributed by atoms with E-state index in [4.69, 9.17) is 11.6 Å². The van der Waals surface area contributed by atoms with Crippen LogP contribution in [0.3, 0.4) is 0 Å². The lowest BCUT2D eigenvalue weighted by Gasteiger charge is -2.30. The van der Waals surface area contributed by atoms with Gasteiger partial charge in [-0.2, -0.15) is 0 Å². The molecule has 0 aliphatic carbocycles. The van der Waals surface area contributed by atoms with Crippen LogP contribution in [-0.4, -0.2) is 23.1 Å². The Morgan fingerprint density at radius 3 is 2.75 bits per heavy atom. The average molecular weight is 288 g/mol. The number of rotatable bonds is 2. The van der Waals surface area contributed by atoms with Crippen molar-refractivity contribution in [3.63, 3.8) is 0 Å². The zero-order valence-electron chi connectivity index (χ0n) is 11.3. The maximum absolute atomic E-state index is 6.04. The number of aromatic nitrogens is 1. The minimum atomic E-state index is 0.565. The zero-order chi connectivity index (χ0) is 13.5. The Labute approximate surface area is 123 Å². The molecule has 2 aliphatic heterocycles. The van der Waals surface area contributed by atoms with Crippen molar-refractivity contribution in [2.45, 2.75) is 43.8 Å². The van der Waals surface area contributed by atoms with E-state index in [0.29, 0.717) is 18.1 Å². The molecule has 1 aromatic carbocycles. The van der Waals surface area contributed by atoms with E-state index in [9.17, 15) is 0 Å². The van der Waals surface area contributed by atoms with Crippen LogP contribution in [0, 0.1) is 0 Å². The second kappa shape index (κ2) is 4.90. The molecular weight excluding hydrogens is 270 g/mol. The van der Waals surface area contributed by atoms with Crippen molar-refractivity contribution in [1.29, 1.82) is 0 Å². The predicted molar refractivity (Wildman–Crippen MR) is 83.3 cm³/mol. The van der Waals surface area contributed by atoms with E-state index >= 15 is 0 Å². The Hall–Kier alpha value is -1.32. The van der Waals surface area contributed by atoms with E-state index in [1.807, 2.05) is 18.3 Å². The van der Waals surface area contributed by atoms with E-state index in [1.165, 1.54) is 31.4 Å². The lowest BCUT2D eigenvalue weighted by molar-refractivity contribution is 0.378. The van der Waals surface area contributed by atoms with Crippen LogP contribution < -0.4 is 10.6 Å². The zero-order valence-corrected chi connectivity index (χ0v) is 12.0. The molecule has 2 fully saturated rings. The van der Waals surface area contributed by atoms with Gasteiger partial charge in [-0.15, -0.1) is 0 Å². The van der Waals surface area contributed by atoms with Gasteiger partial charge in [0.05, 0.1) is 5.52 Å². The van der Waals surface area contributed by atoms with Gasteiger partial charge in [-0.1, -0.05) is 11.6 Å². The second-order valence-electron chi connectivity index (χ2n) is 5.97. The van der Waals surface area contributed by atoms with E-state index in [1.54, 1.807) is 0 Å². The van der Waals surface area contributed by atoms with Gasteiger partial charge in [0.25, 0.3) is 0 Å². The molecule has 4 rings (SSSR count). The number of nitrogens with one attached hydrogen (secondary N) is 2. The molecule has 2 unspecified atom stereocenters. The summed E-state index contributed by atoms with van der Waals surface area (Å²) >= 11 is 6.04. The van der Waals surface area contributed by atoms with Gasteiger partial charge >= 0.3 is 0 Å². The molecule has 20 heavy (non-hydrogen) atoms. The Morgan fingerprint density at radius 1 is 1.15 bits per heavy atom. The highest BCUT2D eigenvalue weighted by atomic mass is 35.5. The van der Waals surface area contributed by atoms with Crippen LogP contribution >= 0.6 is 11.6 Å². The summed E-state index contributed by atoms with van der Waals surface area (Å²) in [6.45, 7) is 0. The summed E-state index contributed by atoms with van der Waals surface area (Å²) in [5.41, 5.74) is 2.14. The van der Waals surface area contributed by atoms with Gasteiger partial charge in [0, 0.05) is 40.4 Å². The molecule has 3 heterocycles. The number of piperidine rings is 1. The first-order chi connectivity index (χ1) is 9.78. The molecular formula is C16H18ClN3. The normalized spacial score (nSPS) is 28.8. The highest BCUT2D eigenvalue weighted by Gasteiger charge is 2.33.